The zero-order chi connectivity index (χ0) is 10.5. The van der Waals surface area contributed by atoms with Gasteiger partial charge in [0.2, 0.25) is 0 Å². The summed E-state index contributed by atoms with van der Waals surface area (Å²) in [5.74, 6) is 0. The largest absolute Gasteiger partial charge is 0.374 e. The van der Waals surface area contributed by atoms with Gasteiger partial charge < -0.3 is 4.74 Å². The SMILES string of the molecule is CCO[C@H]1C=C(c2ccccc2)CCC1. The van der Waals surface area contributed by atoms with Crippen LogP contribution in [0.25, 0.3) is 5.57 Å². The number of benzene rings is 1. The van der Waals surface area contributed by atoms with E-state index >= 15 is 0 Å². The minimum absolute atomic E-state index is 0.332. The van der Waals surface area contributed by atoms with Crippen molar-refractivity contribution in [2.24, 2.45) is 0 Å². The molecule has 1 heteroatoms. The fourth-order valence-electron chi connectivity index (χ4n) is 2.12. The first-order valence-electron chi connectivity index (χ1n) is 5.78. The lowest BCUT2D eigenvalue weighted by atomic mass is 9.92. The molecule has 0 bridgehead atoms. The van der Waals surface area contributed by atoms with E-state index in [0.717, 1.165) is 6.61 Å². The van der Waals surface area contributed by atoms with Gasteiger partial charge in [-0.15, -0.1) is 0 Å². The van der Waals surface area contributed by atoms with Crippen molar-refractivity contribution >= 4 is 5.57 Å². The second-order valence-electron chi connectivity index (χ2n) is 3.94. The van der Waals surface area contributed by atoms with Gasteiger partial charge in [-0.25, -0.2) is 0 Å². The van der Waals surface area contributed by atoms with E-state index in [4.69, 9.17) is 4.74 Å². The maximum atomic E-state index is 5.66. The highest BCUT2D eigenvalue weighted by Crippen LogP contribution is 2.27. The molecule has 0 aliphatic heterocycles. The summed E-state index contributed by atoms with van der Waals surface area (Å²) in [5.41, 5.74) is 2.79. The summed E-state index contributed by atoms with van der Waals surface area (Å²) in [6.07, 6.45) is 6.23. The Morgan fingerprint density at radius 1 is 1.27 bits per heavy atom. The Morgan fingerprint density at radius 3 is 2.80 bits per heavy atom. The Kier molecular flexibility index (Phi) is 3.57. The third kappa shape index (κ3) is 2.69. The highest BCUT2D eigenvalue weighted by atomic mass is 16.5. The normalized spacial score (nSPS) is 21.1. The van der Waals surface area contributed by atoms with Crippen LogP contribution in [0.2, 0.25) is 0 Å². The van der Waals surface area contributed by atoms with Crippen molar-refractivity contribution in [3.8, 4) is 0 Å². The minimum Gasteiger partial charge on any atom is -0.374 e. The predicted molar refractivity (Wildman–Crippen MR) is 63.7 cm³/mol. The van der Waals surface area contributed by atoms with E-state index in [-0.39, 0.29) is 0 Å². The first kappa shape index (κ1) is 10.4. The molecule has 0 amide bonds. The molecule has 0 spiro atoms. The molecule has 1 aromatic rings. The lowest BCUT2D eigenvalue weighted by Gasteiger charge is -2.21. The van der Waals surface area contributed by atoms with Gasteiger partial charge in [0.1, 0.15) is 0 Å². The van der Waals surface area contributed by atoms with Crippen LogP contribution in [0, 0.1) is 0 Å². The molecule has 1 aliphatic rings. The molecule has 0 radical (unpaired) electrons. The second-order valence-corrected chi connectivity index (χ2v) is 3.94. The van der Waals surface area contributed by atoms with Crippen LogP contribution in [0.5, 0.6) is 0 Å². The second kappa shape index (κ2) is 5.13. The van der Waals surface area contributed by atoms with Gasteiger partial charge in [0.05, 0.1) is 6.10 Å². The Hall–Kier alpha value is -1.08. The van der Waals surface area contributed by atoms with E-state index in [0.29, 0.717) is 6.10 Å². The Bertz CT molecular complexity index is 326. The molecular formula is C14H18O. The van der Waals surface area contributed by atoms with Crippen molar-refractivity contribution in [1.82, 2.24) is 0 Å². The van der Waals surface area contributed by atoms with Crippen LogP contribution in [-0.4, -0.2) is 12.7 Å². The summed E-state index contributed by atoms with van der Waals surface area (Å²) in [4.78, 5) is 0. The lowest BCUT2D eigenvalue weighted by molar-refractivity contribution is 0.0868. The summed E-state index contributed by atoms with van der Waals surface area (Å²) in [6.45, 7) is 2.87. The van der Waals surface area contributed by atoms with Crippen molar-refractivity contribution in [3.63, 3.8) is 0 Å². The number of ether oxygens (including phenoxy) is 1. The van der Waals surface area contributed by atoms with Crippen LogP contribution >= 0.6 is 0 Å². The maximum Gasteiger partial charge on any atom is 0.0761 e. The summed E-state index contributed by atoms with van der Waals surface area (Å²) < 4.78 is 5.66. The highest BCUT2D eigenvalue weighted by Gasteiger charge is 2.14. The van der Waals surface area contributed by atoms with Gasteiger partial charge in [0.15, 0.2) is 0 Å². The van der Waals surface area contributed by atoms with Gasteiger partial charge in [-0.1, -0.05) is 36.4 Å². The average molecular weight is 202 g/mol. The summed E-state index contributed by atoms with van der Waals surface area (Å²) in [5, 5.41) is 0. The smallest absolute Gasteiger partial charge is 0.0761 e. The van der Waals surface area contributed by atoms with Crippen LogP contribution in [-0.2, 0) is 4.74 Å². The van der Waals surface area contributed by atoms with Gasteiger partial charge >= 0.3 is 0 Å². The van der Waals surface area contributed by atoms with Crippen molar-refractivity contribution in [2.45, 2.75) is 32.3 Å². The number of rotatable bonds is 3. The third-order valence-corrected chi connectivity index (χ3v) is 2.85. The quantitative estimate of drug-likeness (QED) is 0.726. The number of hydrogen-bond donors (Lipinski definition) is 0. The van der Waals surface area contributed by atoms with Gasteiger partial charge in [0.25, 0.3) is 0 Å². The first-order chi connectivity index (χ1) is 7.40. The standard InChI is InChI=1S/C14H18O/c1-2-15-14-10-6-9-13(11-14)12-7-4-3-5-8-12/h3-5,7-8,11,14H,2,6,9-10H2,1H3/t14-/m1/s1. The Balaban J connectivity index is 2.15. The predicted octanol–water partition coefficient (Wildman–Crippen LogP) is 3.66. The topological polar surface area (TPSA) is 9.23 Å². The van der Waals surface area contributed by atoms with Crippen molar-refractivity contribution in [3.05, 3.63) is 42.0 Å². The molecular weight excluding hydrogens is 184 g/mol. The van der Waals surface area contributed by atoms with E-state index in [2.05, 4.69) is 43.3 Å². The molecule has 1 aromatic carbocycles. The fraction of sp³-hybridized carbons (Fsp3) is 0.429. The number of hydrogen-bond acceptors (Lipinski definition) is 1. The van der Waals surface area contributed by atoms with E-state index in [1.54, 1.807) is 0 Å². The molecule has 0 heterocycles. The van der Waals surface area contributed by atoms with Gasteiger partial charge in [0, 0.05) is 6.61 Å². The van der Waals surface area contributed by atoms with Crippen LogP contribution in [0.4, 0.5) is 0 Å². The molecule has 80 valence electrons. The van der Waals surface area contributed by atoms with Crippen molar-refractivity contribution in [2.75, 3.05) is 6.61 Å². The molecule has 0 aromatic heterocycles. The maximum absolute atomic E-state index is 5.66. The van der Waals surface area contributed by atoms with Crippen LogP contribution in [0.15, 0.2) is 36.4 Å². The number of allylic oxidation sites excluding steroid dienone is 1. The monoisotopic (exact) mass is 202 g/mol. The molecule has 0 saturated carbocycles. The van der Waals surface area contributed by atoms with E-state index < -0.39 is 0 Å². The first-order valence-corrected chi connectivity index (χ1v) is 5.78. The Labute approximate surface area is 91.8 Å². The molecule has 1 aliphatic carbocycles. The minimum atomic E-state index is 0.332. The molecule has 1 nitrogen and oxygen atoms in total. The average Bonchev–Trinajstić information content (AvgIpc) is 2.31. The zero-order valence-corrected chi connectivity index (χ0v) is 9.28. The zero-order valence-electron chi connectivity index (χ0n) is 9.28. The lowest BCUT2D eigenvalue weighted by Crippen LogP contribution is -2.14. The molecule has 0 N–H and O–H groups in total. The van der Waals surface area contributed by atoms with E-state index in [1.807, 2.05) is 0 Å². The molecule has 0 fully saturated rings. The molecule has 1 atom stereocenters. The van der Waals surface area contributed by atoms with Crippen LogP contribution < -0.4 is 0 Å². The van der Waals surface area contributed by atoms with Crippen LogP contribution in [0.1, 0.15) is 31.7 Å². The molecule has 15 heavy (non-hydrogen) atoms. The third-order valence-electron chi connectivity index (χ3n) is 2.85. The summed E-state index contributed by atoms with van der Waals surface area (Å²) >= 11 is 0. The Morgan fingerprint density at radius 2 is 2.07 bits per heavy atom. The fourth-order valence-corrected chi connectivity index (χ4v) is 2.12. The highest BCUT2D eigenvalue weighted by molar-refractivity contribution is 5.66. The van der Waals surface area contributed by atoms with E-state index in [9.17, 15) is 0 Å². The molecule has 0 saturated heterocycles. The summed E-state index contributed by atoms with van der Waals surface area (Å²) in [6, 6.07) is 10.6. The van der Waals surface area contributed by atoms with Gasteiger partial charge in [-0.2, -0.15) is 0 Å². The molecule has 0 unspecified atom stereocenters. The van der Waals surface area contributed by atoms with E-state index in [1.165, 1.54) is 30.4 Å². The van der Waals surface area contributed by atoms with Gasteiger partial charge in [-0.05, 0) is 37.3 Å². The van der Waals surface area contributed by atoms with Gasteiger partial charge in [-0.3, -0.25) is 0 Å². The van der Waals surface area contributed by atoms with Crippen molar-refractivity contribution in [1.29, 1.82) is 0 Å². The van der Waals surface area contributed by atoms with Crippen molar-refractivity contribution < 1.29 is 4.74 Å². The van der Waals surface area contributed by atoms with Crippen LogP contribution in [0.3, 0.4) is 0 Å². The molecule has 2 rings (SSSR count). The summed E-state index contributed by atoms with van der Waals surface area (Å²) in [7, 11) is 0.